The Kier molecular flexibility index (Phi) is 6.19. The van der Waals surface area contributed by atoms with Crippen LogP contribution in [0.4, 0.5) is 10.1 Å². The number of aryl methyl sites for hydroxylation is 2. The quantitative estimate of drug-likeness (QED) is 0.417. The largest absolute Gasteiger partial charge is 0.324 e. The van der Waals surface area contributed by atoms with Crippen LogP contribution in [0.3, 0.4) is 0 Å². The smallest absolute Gasteiger partial charge is 0.263 e. The summed E-state index contributed by atoms with van der Waals surface area (Å²) in [6.07, 6.45) is 3.01. The lowest BCUT2D eigenvalue weighted by Crippen LogP contribution is -2.32. The number of thiophene rings is 1. The molecule has 2 aromatic carbocycles. The predicted molar refractivity (Wildman–Crippen MR) is 128 cm³/mol. The lowest BCUT2D eigenvalue weighted by Gasteiger charge is -2.19. The molecule has 0 aliphatic heterocycles. The van der Waals surface area contributed by atoms with Crippen molar-refractivity contribution < 1.29 is 9.18 Å². The van der Waals surface area contributed by atoms with Gasteiger partial charge in [-0.15, -0.1) is 11.3 Å². The van der Waals surface area contributed by atoms with Crippen LogP contribution < -0.4 is 10.9 Å². The van der Waals surface area contributed by atoms with Gasteiger partial charge in [0, 0.05) is 16.6 Å². The molecule has 0 saturated heterocycles. The van der Waals surface area contributed by atoms with E-state index in [0.29, 0.717) is 15.8 Å². The van der Waals surface area contributed by atoms with Crippen LogP contribution in [0.1, 0.15) is 37.9 Å². The predicted octanol–water partition coefficient (Wildman–Crippen LogP) is 5.59. The number of nitrogens with one attached hydrogen (secondary N) is 1. The Labute approximate surface area is 189 Å². The van der Waals surface area contributed by atoms with Gasteiger partial charge >= 0.3 is 0 Å². The first-order valence-electron chi connectivity index (χ1n) is 10.6. The maximum absolute atomic E-state index is 13.4. The summed E-state index contributed by atoms with van der Waals surface area (Å²) in [4.78, 5) is 31.5. The van der Waals surface area contributed by atoms with Gasteiger partial charge in [0.15, 0.2) is 0 Å². The number of anilines is 1. The maximum atomic E-state index is 13.4. The summed E-state index contributed by atoms with van der Waals surface area (Å²) >= 11 is 1.35. The highest BCUT2D eigenvalue weighted by Crippen LogP contribution is 2.31. The third-order valence-corrected chi connectivity index (χ3v) is 6.60. The zero-order chi connectivity index (χ0) is 22.8. The maximum Gasteiger partial charge on any atom is 0.263 e. The van der Waals surface area contributed by atoms with Crippen molar-refractivity contribution >= 4 is 33.1 Å². The number of rotatable bonds is 6. The third-order valence-electron chi connectivity index (χ3n) is 5.72. The van der Waals surface area contributed by atoms with Crippen molar-refractivity contribution in [3.63, 3.8) is 0 Å². The molecule has 0 aliphatic rings. The molecule has 164 valence electrons. The number of hydrogen-bond donors (Lipinski definition) is 1. The fraction of sp³-hybridized carbons (Fsp3) is 0.240. The second-order valence-electron chi connectivity index (χ2n) is 7.62. The molecule has 0 saturated carbocycles. The second-order valence-corrected chi connectivity index (χ2v) is 8.48. The van der Waals surface area contributed by atoms with Crippen LogP contribution in [0, 0.1) is 5.82 Å². The van der Waals surface area contributed by atoms with E-state index in [9.17, 15) is 14.0 Å². The van der Waals surface area contributed by atoms with E-state index >= 15 is 0 Å². The number of amides is 1. The summed E-state index contributed by atoms with van der Waals surface area (Å²) in [5, 5.41) is 5.31. The average molecular weight is 450 g/mol. The first-order chi connectivity index (χ1) is 15.4. The Morgan fingerprint density at radius 2 is 1.78 bits per heavy atom. The molecule has 0 spiro atoms. The summed E-state index contributed by atoms with van der Waals surface area (Å²) < 4.78 is 14.7. The van der Waals surface area contributed by atoms with E-state index in [1.165, 1.54) is 34.4 Å². The summed E-state index contributed by atoms with van der Waals surface area (Å²) in [5.41, 5.74) is 4.06. The molecule has 1 amide bonds. The first kappa shape index (κ1) is 21.9. The molecule has 1 atom stereocenters. The van der Waals surface area contributed by atoms with Crippen LogP contribution >= 0.6 is 11.3 Å². The molecule has 5 nitrogen and oxygen atoms in total. The Bertz CT molecular complexity index is 1320. The monoisotopic (exact) mass is 449 g/mol. The highest BCUT2D eigenvalue weighted by molar-refractivity contribution is 7.17. The minimum Gasteiger partial charge on any atom is -0.324 e. The minimum absolute atomic E-state index is 0.276. The summed E-state index contributed by atoms with van der Waals surface area (Å²) in [6, 6.07) is 11.2. The van der Waals surface area contributed by atoms with E-state index in [1.54, 1.807) is 19.1 Å². The van der Waals surface area contributed by atoms with Gasteiger partial charge in [-0.05, 0) is 48.6 Å². The van der Waals surface area contributed by atoms with Crippen molar-refractivity contribution in [2.75, 3.05) is 5.32 Å². The van der Waals surface area contributed by atoms with Crippen molar-refractivity contribution in [3.8, 4) is 11.1 Å². The van der Waals surface area contributed by atoms with Crippen LogP contribution in [-0.2, 0) is 17.6 Å². The van der Waals surface area contributed by atoms with Crippen LogP contribution in [0.2, 0.25) is 0 Å². The van der Waals surface area contributed by atoms with Gasteiger partial charge in [-0.2, -0.15) is 0 Å². The van der Waals surface area contributed by atoms with Crippen LogP contribution in [0.15, 0.2) is 59.0 Å². The molecule has 1 N–H and O–H groups in total. The normalized spacial score (nSPS) is 12.1. The molecule has 0 bridgehead atoms. The van der Waals surface area contributed by atoms with Crippen molar-refractivity contribution in [3.05, 3.63) is 81.5 Å². The number of carbonyl (C=O) groups is 1. The number of aromatic nitrogens is 2. The number of carbonyl (C=O) groups excluding carboxylic acids is 1. The number of nitrogens with zero attached hydrogens (tertiary/aromatic N) is 2. The third kappa shape index (κ3) is 3.96. The number of hydrogen-bond acceptors (Lipinski definition) is 4. The standard InChI is InChI=1S/C25H24FN3O2S/c1-4-16-7-6-8-17(5-2)22(16)28-23(30)15(3)29-14-27-24-21(25(29)31)20(13-32-24)18-9-11-19(26)12-10-18/h6-15H,4-5H2,1-3H3,(H,28,30). The fourth-order valence-corrected chi connectivity index (χ4v) is 4.73. The average Bonchev–Trinajstić information content (AvgIpc) is 3.24. The molecule has 0 aliphatic carbocycles. The van der Waals surface area contributed by atoms with E-state index < -0.39 is 6.04 Å². The molecular formula is C25H24FN3O2S. The van der Waals surface area contributed by atoms with Crippen molar-refractivity contribution in [2.45, 2.75) is 39.7 Å². The number of para-hydroxylation sites is 1. The minimum atomic E-state index is -0.755. The molecule has 32 heavy (non-hydrogen) atoms. The number of fused-ring (bicyclic) bond motifs is 1. The van der Waals surface area contributed by atoms with Gasteiger partial charge < -0.3 is 5.32 Å². The SMILES string of the molecule is CCc1cccc(CC)c1NC(=O)C(C)n1cnc2scc(-c3ccc(F)cc3)c2c1=O. The van der Waals surface area contributed by atoms with Gasteiger partial charge in [0.25, 0.3) is 5.56 Å². The lowest BCUT2D eigenvalue weighted by molar-refractivity contribution is -0.118. The van der Waals surface area contributed by atoms with E-state index in [-0.39, 0.29) is 17.3 Å². The molecule has 2 heterocycles. The molecule has 0 fully saturated rings. The van der Waals surface area contributed by atoms with Crippen LogP contribution in [0.25, 0.3) is 21.3 Å². The zero-order valence-electron chi connectivity index (χ0n) is 18.2. The molecule has 1 unspecified atom stereocenters. The summed E-state index contributed by atoms with van der Waals surface area (Å²) in [7, 11) is 0. The zero-order valence-corrected chi connectivity index (χ0v) is 19.0. The van der Waals surface area contributed by atoms with E-state index in [0.717, 1.165) is 35.2 Å². The summed E-state index contributed by atoms with van der Waals surface area (Å²) in [5.74, 6) is -0.615. The fourth-order valence-electron chi connectivity index (χ4n) is 3.82. The molecule has 2 aromatic heterocycles. The van der Waals surface area contributed by atoms with E-state index in [1.807, 2.05) is 37.4 Å². The van der Waals surface area contributed by atoms with Gasteiger partial charge in [-0.1, -0.05) is 44.2 Å². The number of benzene rings is 2. The van der Waals surface area contributed by atoms with E-state index in [4.69, 9.17) is 0 Å². The lowest BCUT2D eigenvalue weighted by atomic mass is 10.0. The Hall–Kier alpha value is -3.32. The Balaban J connectivity index is 1.72. The van der Waals surface area contributed by atoms with Crippen molar-refractivity contribution in [1.29, 1.82) is 0 Å². The van der Waals surface area contributed by atoms with E-state index in [2.05, 4.69) is 10.3 Å². The molecular weight excluding hydrogens is 425 g/mol. The molecule has 4 rings (SSSR count). The number of halogens is 1. The summed E-state index contributed by atoms with van der Waals surface area (Å²) in [6.45, 7) is 5.78. The highest BCUT2D eigenvalue weighted by Gasteiger charge is 2.21. The Morgan fingerprint density at radius 1 is 1.12 bits per heavy atom. The molecule has 7 heteroatoms. The second kappa shape index (κ2) is 9.04. The van der Waals surface area contributed by atoms with Crippen LogP contribution in [-0.4, -0.2) is 15.5 Å². The molecule has 0 radical (unpaired) electrons. The first-order valence-corrected chi connectivity index (χ1v) is 11.5. The van der Waals surface area contributed by atoms with Gasteiger partial charge in [0.05, 0.1) is 11.7 Å². The Morgan fingerprint density at radius 3 is 2.41 bits per heavy atom. The van der Waals surface area contributed by atoms with Gasteiger partial charge in [-0.25, -0.2) is 9.37 Å². The highest BCUT2D eigenvalue weighted by atomic mass is 32.1. The van der Waals surface area contributed by atoms with Gasteiger partial charge in [-0.3, -0.25) is 14.2 Å². The topological polar surface area (TPSA) is 64.0 Å². The van der Waals surface area contributed by atoms with Gasteiger partial charge in [0.2, 0.25) is 5.91 Å². The van der Waals surface area contributed by atoms with Crippen LogP contribution in [0.5, 0.6) is 0 Å². The van der Waals surface area contributed by atoms with Crippen molar-refractivity contribution in [2.24, 2.45) is 0 Å². The molecule has 4 aromatic rings. The van der Waals surface area contributed by atoms with Crippen molar-refractivity contribution in [1.82, 2.24) is 9.55 Å². The van der Waals surface area contributed by atoms with Gasteiger partial charge in [0.1, 0.15) is 16.7 Å².